The summed E-state index contributed by atoms with van der Waals surface area (Å²) in [4.78, 5) is 31.0. The second-order valence-electron chi connectivity index (χ2n) is 2.58. The molecule has 15 heavy (non-hydrogen) atoms. The molecule has 1 N–H and O–H groups in total. The molecule has 0 aromatic rings. The Hall–Kier alpha value is 0.370. The van der Waals surface area contributed by atoms with Crippen LogP contribution in [0, 0.1) is 0 Å². The van der Waals surface area contributed by atoms with Crippen LogP contribution in [-0.2, 0) is 19.1 Å². The number of cyclic esters (lactones) is 1. The van der Waals surface area contributed by atoms with Crippen LogP contribution in [0.15, 0.2) is 0 Å². The third-order valence-electron chi connectivity index (χ3n) is 1.66. The van der Waals surface area contributed by atoms with Gasteiger partial charge in [0.2, 0.25) is 0 Å². The number of aliphatic hydroxyl groups is 1. The second-order valence-corrected chi connectivity index (χ2v) is 2.58. The number of carboxylic acid groups (broad SMARTS) is 2. The first-order chi connectivity index (χ1) is 5.88. The maximum Gasteiger partial charge on any atom is 1.00 e. The van der Waals surface area contributed by atoms with Gasteiger partial charge in [-0.25, -0.2) is 0 Å². The van der Waals surface area contributed by atoms with Crippen LogP contribution in [0.2, 0.25) is 0 Å². The van der Waals surface area contributed by atoms with Crippen molar-refractivity contribution < 1.29 is 93.6 Å². The van der Waals surface area contributed by atoms with Crippen LogP contribution in [0.3, 0.4) is 0 Å². The zero-order chi connectivity index (χ0) is 10.2. The van der Waals surface area contributed by atoms with E-state index in [0.717, 1.165) is 0 Å². The third kappa shape index (κ3) is 3.42. The van der Waals surface area contributed by atoms with Crippen LogP contribution in [0.4, 0.5) is 0 Å². The Labute approximate surface area is 128 Å². The second kappa shape index (κ2) is 6.19. The SMILES string of the molecule is O=C1C[C@@](O)(C(=O)[O-])[C@@H](C(=O)[O-])O1.[Na+].[Na+]. The van der Waals surface area contributed by atoms with Crippen LogP contribution in [0.5, 0.6) is 0 Å². The van der Waals surface area contributed by atoms with Gasteiger partial charge < -0.3 is 29.6 Å². The normalized spacial score (nSPS) is 28.3. The van der Waals surface area contributed by atoms with Crippen molar-refractivity contribution in [3.8, 4) is 0 Å². The fourth-order valence-corrected chi connectivity index (χ4v) is 1.01. The van der Waals surface area contributed by atoms with Gasteiger partial charge in [-0.3, -0.25) is 4.79 Å². The Morgan fingerprint density at radius 1 is 1.40 bits per heavy atom. The van der Waals surface area contributed by atoms with E-state index in [2.05, 4.69) is 4.74 Å². The van der Waals surface area contributed by atoms with Crippen molar-refractivity contribution in [2.75, 3.05) is 0 Å². The smallest absolute Gasteiger partial charge is 0.547 e. The van der Waals surface area contributed by atoms with Gasteiger partial charge in [-0.15, -0.1) is 0 Å². The molecular formula is C6H4Na2O7. The van der Waals surface area contributed by atoms with E-state index in [1.807, 2.05) is 0 Å². The summed E-state index contributed by atoms with van der Waals surface area (Å²) in [5, 5.41) is 29.7. The molecule has 0 bridgehead atoms. The van der Waals surface area contributed by atoms with E-state index in [-0.39, 0.29) is 59.1 Å². The number of aliphatic carboxylic acids is 2. The first kappa shape index (κ1) is 17.8. The predicted octanol–water partition coefficient (Wildman–Crippen LogP) is -10.5. The Morgan fingerprint density at radius 2 is 1.87 bits per heavy atom. The molecule has 2 atom stereocenters. The molecule has 1 aliphatic rings. The zero-order valence-corrected chi connectivity index (χ0v) is 12.2. The molecular weight excluding hydrogens is 230 g/mol. The van der Waals surface area contributed by atoms with Gasteiger partial charge in [-0.1, -0.05) is 0 Å². The quantitative estimate of drug-likeness (QED) is 0.371. The van der Waals surface area contributed by atoms with Gasteiger partial charge in [0.05, 0.1) is 18.4 Å². The Balaban J connectivity index is 0. The van der Waals surface area contributed by atoms with E-state index in [1.165, 1.54) is 0 Å². The van der Waals surface area contributed by atoms with Crippen molar-refractivity contribution in [3.05, 3.63) is 0 Å². The molecule has 0 spiro atoms. The van der Waals surface area contributed by atoms with Gasteiger partial charge in [-0.05, 0) is 0 Å². The molecule has 72 valence electrons. The molecule has 0 radical (unpaired) electrons. The van der Waals surface area contributed by atoms with Crippen LogP contribution in [0.25, 0.3) is 0 Å². The molecule has 0 aromatic heterocycles. The summed E-state index contributed by atoms with van der Waals surface area (Å²) in [6.45, 7) is 0. The fraction of sp³-hybridized carbons (Fsp3) is 0.500. The number of carbonyl (C=O) groups excluding carboxylic acids is 3. The van der Waals surface area contributed by atoms with Gasteiger partial charge in [-0.2, -0.15) is 0 Å². The van der Waals surface area contributed by atoms with E-state index in [0.29, 0.717) is 0 Å². The minimum Gasteiger partial charge on any atom is -0.547 e. The third-order valence-corrected chi connectivity index (χ3v) is 1.66. The number of hydrogen-bond donors (Lipinski definition) is 1. The maximum atomic E-state index is 10.5. The number of hydrogen-bond acceptors (Lipinski definition) is 7. The monoisotopic (exact) mass is 234 g/mol. The average Bonchev–Trinajstić information content (AvgIpc) is 2.27. The molecule has 1 fully saturated rings. The summed E-state index contributed by atoms with van der Waals surface area (Å²) in [7, 11) is 0. The minimum atomic E-state index is -2.82. The van der Waals surface area contributed by atoms with E-state index >= 15 is 0 Å². The van der Waals surface area contributed by atoms with Gasteiger partial charge in [0.25, 0.3) is 0 Å². The Kier molecular flexibility index (Phi) is 7.33. The molecule has 0 saturated carbocycles. The van der Waals surface area contributed by atoms with Gasteiger partial charge in [0.1, 0.15) is 0 Å². The first-order valence-electron chi connectivity index (χ1n) is 3.22. The number of rotatable bonds is 2. The predicted molar refractivity (Wildman–Crippen MR) is 29.5 cm³/mol. The van der Waals surface area contributed by atoms with Crippen molar-refractivity contribution in [1.82, 2.24) is 0 Å². The molecule has 1 heterocycles. The summed E-state index contributed by atoms with van der Waals surface area (Å²) < 4.78 is 4.03. The van der Waals surface area contributed by atoms with E-state index in [4.69, 9.17) is 5.11 Å². The summed E-state index contributed by atoms with van der Waals surface area (Å²) in [5.74, 6) is -5.18. The number of ether oxygens (including phenoxy) is 1. The number of esters is 1. The van der Waals surface area contributed by atoms with Crippen molar-refractivity contribution in [3.63, 3.8) is 0 Å². The molecule has 0 aliphatic carbocycles. The Morgan fingerprint density at radius 3 is 2.13 bits per heavy atom. The average molecular weight is 234 g/mol. The first-order valence-corrected chi connectivity index (χ1v) is 3.22. The van der Waals surface area contributed by atoms with Gasteiger partial charge in [0, 0.05) is 0 Å². The van der Waals surface area contributed by atoms with Crippen molar-refractivity contribution in [1.29, 1.82) is 0 Å². The molecule has 0 unspecified atom stereocenters. The number of carboxylic acids is 2. The van der Waals surface area contributed by atoms with E-state index in [9.17, 15) is 24.6 Å². The van der Waals surface area contributed by atoms with Crippen molar-refractivity contribution in [2.45, 2.75) is 18.1 Å². The largest absolute Gasteiger partial charge is 1.00 e. The molecule has 1 saturated heterocycles. The molecule has 0 aromatic carbocycles. The molecule has 7 nitrogen and oxygen atoms in total. The van der Waals surface area contributed by atoms with Crippen LogP contribution in [-0.4, -0.2) is 34.7 Å². The maximum absolute atomic E-state index is 10.5. The summed E-state index contributed by atoms with van der Waals surface area (Å²) >= 11 is 0. The fourth-order valence-electron chi connectivity index (χ4n) is 1.01. The summed E-state index contributed by atoms with van der Waals surface area (Å²) in [6, 6.07) is 0. The van der Waals surface area contributed by atoms with Gasteiger partial charge >= 0.3 is 65.1 Å². The minimum absolute atomic E-state index is 0. The molecule has 0 amide bonds. The Bertz CT molecular complexity index is 291. The summed E-state index contributed by atoms with van der Waals surface area (Å²) in [5.41, 5.74) is -2.82. The van der Waals surface area contributed by atoms with Crippen LogP contribution >= 0.6 is 0 Å². The van der Waals surface area contributed by atoms with Crippen LogP contribution < -0.4 is 69.3 Å². The van der Waals surface area contributed by atoms with Crippen molar-refractivity contribution in [2.24, 2.45) is 0 Å². The van der Waals surface area contributed by atoms with E-state index in [1.54, 1.807) is 0 Å². The molecule has 1 rings (SSSR count). The topological polar surface area (TPSA) is 127 Å². The standard InChI is InChI=1S/C6H6O7.2Na/c7-2-1-6(12,5(10)11)3(13-2)4(8)9;;/h3,12H,1H2,(H,8,9)(H,10,11);;/q;2*+1/p-2/t3-,6+;;/m1../s1. The number of carbonyl (C=O) groups is 3. The molecule has 9 heteroatoms. The molecule has 1 aliphatic heterocycles. The zero-order valence-electron chi connectivity index (χ0n) is 8.18. The van der Waals surface area contributed by atoms with Crippen LogP contribution in [0.1, 0.15) is 6.42 Å². The van der Waals surface area contributed by atoms with Crippen molar-refractivity contribution >= 4 is 17.9 Å². The summed E-state index contributed by atoms with van der Waals surface area (Å²) in [6.07, 6.45) is -3.15. The van der Waals surface area contributed by atoms with E-state index < -0.39 is 36.0 Å². The van der Waals surface area contributed by atoms with Gasteiger partial charge in [0.15, 0.2) is 11.7 Å².